The maximum atomic E-state index is 9.25. The Hall–Kier alpha value is -0.0800. The molecule has 48 valence electrons. The van der Waals surface area contributed by atoms with Crippen LogP contribution < -0.4 is 0 Å². The number of aliphatic hydroxyl groups is 1. The van der Waals surface area contributed by atoms with Crippen LogP contribution in [0.25, 0.3) is 0 Å². The molecule has 1 unspecified atom stereocenters. The summed E-state index contributed by atoms with van der Waals surface area (Å²) in [4.78, 5) is 0. The van der Waals surface area contributed by atoms with Crippen LogP contribution in [0.3, 0.4) is 0 Å². The third kappa shape index (κ3) is 1.46. The van der Waals surface area contributed by atoms with Gasteiger partial charge in [0, 0.05) is 6.61 Å². The van der Waals surface area contributed by atoms with E-state index in [0.29, 0.717) is 6.61 Å². The topological polar surface area (TPSA) is 29.5 Å². The van der Waals surface area contributed by atoms with Crippen LogP contribution in [-0.4, -0.2) is 23.9 Å². The number of hydrogen-bond donors (Lipinski definition) is 1. The number of rotatable bonds is 0. The zero-order valence-electron chi connectivity index (χ0n) is 5.18. The lowest BCUT2D eigenvalue weighted by molar-refractivity contribution is -0.0729. The highest BCUT2D eigenvalue weighted by Crippen LogP contribution is 2.16. The Morgan fingerprint density at radius 3 is 2.62 bits per heavy atom. The summed E-state index contributed by atoms with van der Waals surface area (Å²) in [5, 5.41) is 9.25. The molecule has 0 aromatic rings. The minimum atomic E-state index is -0.543. The van der Waals surface area contributed by atoms with Gasteiger partial charge in [0.05, 0.1) is 12.2 Å². The minimum absolute atomic E-state index is 0.507. The highest BCUT2D eigenvalue weighted by atomic mass is 16.5. The van der Waals surface area contributed by atoms with E-state index in [1.807, 2.05) is 6.92 Å². The molecule has 1 aliphatic rings. The van der Waals surface area contributed by atoms with Gasteiger partial charge in [-0.2, -0.15) is 0 Å². The van der Waals surface area contributed by atoms with Gasteiger partial charge in [0.15, 0.2) is 0 Å². The summed E-state index contributed by atoms with van der Waals surface area (Å²) in [6.07, 6.45) is 1.88. The van der Waals surface area contributed by atoms with E-state index in [1.165, 1.54) is 0 Å². The van der Waals surface area contributed by atoms with Crippen molar-refractivity contribution in [1.82, 2.24) is 0 Å². The molecular formula is C6H12O2. The number of hydrogen-bond acceptors (Lipinski definition) is 2. The average Bonchev–Trinajstić information content (AvgIpc) is 1.65. The maximum Gasteiger partial charge on any atom is 0.0853 e. The SMILES string of the molecule is CC1(O)CCCOC1. The van der Waals surface area contributed by atoms with E-state index in [0.717, 1.165) is 19.4 Å². The van der Waals surface area contributed by atoms with E-state index in [9.17, 15) is 5.11 Å². The summed E-state index contributed by atoms with van der Waals surface area (Å²) in [6, 6.07) is 0. The van der Waals surface area contributed by atoms with E-state index >= 15 is 0 Å². The Morgan fingerprint density at radius 1 is 1.62 bits per heavy atom. The summed E-state index contributed by atoms with van der Waals surface area (Å²) in [5.74, 6) is 0. The molecule has 1 heterocycles. The predicted molar refractivity (Wildman–Crippen MR) is 30.7 cm³/mol. The Labute approximate surface area is 49.5 Å². The first kappa shape index (κ1) is 6.05. The van der Waals surface area contributed by atoms with Gasteiger partial charge >= 0.3 is 0 Å². The first-order valence-electron chi connectivity index (χ1n) is 3.01. The standard InChI is InChI=1S/C6H12O2/c1-6(7)3-2-4-8-5-6/h7H,2-5H2,1H3. The molecule has 0 radical (unpaired) electrons. The second kappa shape index (κ2) is 2.03. The van der Waals surface area contributed by atoms with E-state index < -0.39 is 5.60 Å². The Bertz CT molecular complexity index is 70.6. The van der Waals surface area contributed by atoms with Crippen molar-refractivity contribution in [3.63, 3.8) is 0 Å². The molecule has 0 aliphatic carbocycles. The van der Waals surface area contributed by atoms with Gasteiger partial charge in [0.1, 0.15) is 0 Å². The normalized spacial score (nSPS) is 39.8. The number of ether oxygens (including phenoxy) is 1. The summed E-state index contributed by atoms with van der Waals surface area (Å²) >= 11 is 0. The maximum absolute atomic E-state index is 9.25. The lowest BCUT2D eigenvalue weighted by Gasteiger charge is -2.27. The van der Waals surface area contributed by atoms with Crippen LogP contribution in [0.15, 0.2) is 0 Å². The Balaban J connectivity index is 2.33. The second-order valence-corrected chi connectivity index (χ2v) is 2.65. The molecule has 0 saturated carbocycles. The first-order valence-corrected chi connectivity index (χ1v) is 3.01. The predicted octanol–water partition coefficient (Wildman–Crippen LogP) is 0.548. The third-order valence-electron chi connectivity index (χ3n) is 1.42. The van der Waals surface area contributed by atoms with Gasteiger partial charge in [-0.05, 0) is 19.8 Å². The van der Waals surface area contributed by atoms with Crippen molar-refractivity contribution in [2.45, 2.75) is 25.4 Å². The van der Waals surface area contributed by atoms with Crippen LogP contribution in [0, 0.1) is 0 Å². The molecule has 0 spiro atoms. The smallest absolute Gasteiger partial charge is 0.0853 e. The molecule has 0 bridgehead atoms. The van der Waals surface area contributed by atoms with E-state index in [4.69, 9.17) is 4.74 Å². The van der Waals surface area contributed by atoms with Gasteiger partial charge in [-0.3, -0.25) is 0 Å². The molecule has 1 rings (SSSR count). The second-order valence-electron chi connectivity index (χ2n) is 2.65. The summed E-state index contributed by atoms with van der Waals surface area (Å²) in [6.45, 7) is 3.13. The molecule has 2 heteroatoms. The van der Waals surface area contributed by atoms with Crippen LogP contribution in [0.2, 0.25) is 0 Å². The first-order chi connectivity index (χ1) is 3.71. The third-order valence-corrected chi connectivity index (χ3v) is 1.42. The van der Waals surface area contributed by atoms with Crippen molar-refractivity contribution >= 4 is 0 Å². The molecule has 1 aliphatic heterocycles. The van der Waals surface area contributed by atoms with Crippen molar-refractivity contribution in [3.8, 4) is 0 Å². The highest BCUT2D eigenvalue weighted by Gasteiger charge is 2.23. The van der Waals surface area contributed by atoms with Crippen LogP contribution in [0.1, 0.15) is 19.8 Å². The largest absolute Gasteiger partial charge is 0.388 e. The van der Waals surface area contributed by atoms with Crippen LogP contribution in [-0.2, 0) is 4.74 Å². The molecule has 1 fully saturated rings. The molecule has 8 heavy (non-hydrogen) atoms. The van der Waals surface area contributed by atoms with Crippen LogP contribution in [0.4, 0.5) is 0 Å². The van der Waals surface area contributed by atoms with Gasteiger partial charge in [-0.25, -0.2) is 0 Å². The molecule has 1 saturated heterocycles. The zero-order valence-corrected chi connectivity index (χ0v) is 5.18. The van der Waals surface area contributed by atoms with Gasteiger partial charge in [-0.1, -0.05) is 0 Å². The molecule has 0 amide bonds. The minimum Gasteiger partial charge on any atom is -0.388 e. The van der Waals surface area contributed by atoms with Crippen molar-refractivity contribution < 1.29 is 9.84 Å². The van der Waals surface area contributed by atoms with Gasteiger partial charge in [0.25, 0.3) is 0 Å². The summed E-state index contributed by atoms with van der Waals surface area (Å²) in [5.41, 5.74) is -0.543. The molecule has 0 aromatic carbocycles. The fourth-order valence-corrected chi connectivity index (χ4v) is 0.919. The lowest BCUT2D eigenvalue weighted by Crippen LogP contribution is -2.34. The molecule has 1 atom stereocenters. The van der Waals surface area contributed by atoms with E-state index in [-0.39, 0.29) is 0 Å². The monoisotopic (exact) mass is 116 g/mol. The van der Waals surface area contributed by atoms with Gasteiger partial charge in [-0.15, -0.1) is 0 Å². The van der Waals surface area contributed by atoms with E-state index in [1.54, 1.807) is 0 Å². The lowest BCUT2D eigenvalue weighted by atomic mass is 10.00. The fourth-order valence-electron chi connectivity index (χ4n) is 0.919. The molecule has 0 aromatic heterocycles. The van der Waals surface area contributed by atoms with Crippen molar-refractivity contribution in [2.24, 2.45) is 0 Å². The van der Waals surface area contributed by atoms with Crippen molar-refractivity contribution in [2.75, 3.05) is 13.2 Å². The summed E-state index contributed by atoms with van der Waals surface area (Å²) < 4.78 is 5.03. The highest BCUT2D eigenvalue weighted by molar-refractivity contribution is 4.74. The zero-order chi connectivity index (χ0) is 6.04. The van der Waals surface area contributed by atoms with E-state index in [2.05, 4.69) is 0 Å². The van der Waals surface area contributed by atoms with Gasteiger partial charge < -0.3 is 9.84 Å². The van der Waals surface area contributed by atoms with Crippen LogP contribution in [0.5, 0.6) is 0 Å². The fraction of sp³-hybridized carbons (Fsp3) is 1.00. The van der Waals surface area contributed by atoms with Crippen molar-refractivity contribution in [1.29, 1.82) is 0 Å². The molecular weight excluding hydrogens is 104 g/mol. The quantitative estimate of drug-likeness (QED) is 0.500. The summed E-state index contributed by atoms with van der Waals surface area (Å²) in [7, 11) is 0. The Kier molecular flexibility index (Phi) is 1.54. The average molecular weight is 116 g/mol. The van der Waals surface area contributed by atoms with Crippen LogP contribution >= 0.6 is 0 Å². The van der Waals surface area contributed by atoms with Crippen molar-refractivity contribution in [3.05, 3.63) is 0 Å². The molecule has 1 N–H and O–H groups in total. The van der Waals surface area contributed by atoms with Gasteiger partial charge in [0.2, 0.25) is 0 Å². The molecule has 2 nitrogen and oxygen atoms in total. The Morgan fingerprint density at radius 2 is 2.38 bits per heavy atom.